The molecule has 2 N–H and O–H groups in total. The summed E-state index contributed by atoms with van der Waals surface area (Å²) in [6.07, 6.45) is 0. The molecular weight excluding hydrogens is 237 g/mol. The van der Waals surface area contributed by atoms with Gasteiger partial charge in [0, 0.05) is 15.0 Å². The lowest BCUT2D eigenvalue weighted by Gasteiger charge is -2.20. The Balaban J connectivity index is 3.23. The van der Waals surface area contributed by atoms with Crippen LogP contribution in [0.4, 0.5) is 0 Å². The van der Waals surface area contributed by atoms with Gasteiger partial charge in [0.05, 0.1) is 0 Å². The van der Waals surface area contributed by atoms with Crippen molar-refractivity contribution in [1.29, 1.82) is 0 Å². The van der Waals surface area contributed by atoms with E-state index in [1.165, 1.54) is 0 Å². The first-order chi connectivity index (χ1) is 5.41. The molecule has 1 nitrogen and oxygen atoms in total. The molecule has 0 aliphatic carbocycles. The Bertz CT molecular complexity index is 291. The first-order valence-electron chi connectivity index (χ1n) is 3.65. The number of benzene rings is 1. The molecule has 0 amide bonds. The zero-order chi connectivity index (χ0) is 9.35. The Kier molecular flexibility index (Phi) is 2.81. The second-order valence-corrected chi connectivity index (χ2v) is 4.67. The van der Waals surface area contributed by atoms with Crippen molar-refractivity contribution in [1.82, 2.24) is 0 Å². The van der Waals surface area contributed by atoms with Gasteiger partial charge in [0.25, 0.3) is 0 Å². The molecule has 0 spiro atoms. The average molecular weight is 249 g/mol. The topological polar surface area (TPSA) is 26.0 Å². The normalized spacial score (nSPS) is 11.8. The summed E-state index contributed by atoms with van der Waals surface area (Å²) in [6.45, 7) is 3.86. The molecule has 1 rings (SSSR count). The fourth-order valence-corrected chi connectivity index (χ4v) is 1.71. The monoisotopic (exact) mass is 247 g/mol. The van der Waals surface area contributed by atoms with Gasteiger partial charge < -0.3 is 5.73 Å². The summed E-state index contributed by atoms with van der Waals surface area (Å²) in [5.74, 6) is 0. The molecule has 0 unspecified atom stereocenters. The van der Waals surface area contributed by atoms with Gasteiger partial charge in [-0.05, 0) is 37.6 Å². The molecule has 0 bridgehead atoms. The van der Waals surface area contributed by atoms with E-state index in [4.69, 9.17) is 17.3 Å². The van der Waals surface area contributed by atoms with E-state index in [1.807, 2.05) is 32.0 Å². The van der Waals surface area contributed by atoms with Crippen LogP contribution in [-0.4, -0.2) is 0 Å². The molecule has 12 heavy (non-hydrogen) atoms. The summed E-state index contributed by atoms with van der Waals surface area (Å²) in [5.41, 5.74) is 6.49. The minimum absolute atomic E-state index is 0.388. The van der Waals surface area contributed by atoms with Gasteiger partial charge >= 0.3 is 0 Å². The van der Waals surface area contributed by atoms with E-state index in [0.29, 0.717) is 5.02 Å². The maximum Gasteiger partial charge on any atom is 0.0457 e. The maximum absolute atomic E-state index is 5.98. The third-order valence-electron chi connectivity index (χ3n) is 1.62. The van der Waals surface area contributed by atoms with Gasteiger partial charge in [0.2, 0.25) is 0 Å². The lowest BCUT2D eigenvalue weighted by atomic mass is 9.96. The molecule has 0 saturated heterocycles. The number of hydrogen-bond donors (Lipinski definition) is 1. The van der Waals surface area contributed by atoms with E-state index in [-0.39, 0.29) is 5.54 Å². The van der Waals surface area contributed by atoms with E-state index < -0.39 is 0 Å². The number of rotatable bonds is 1. The van der Waals surface area contributed by atoms with Gasteiger partial charge in [-0.25, -0.2) is 0 Å². The van der Waals surface area contributed by atoms with Gasteiger partial charge in [-0.1, -0.05) is 27.5 Å². The maximum atomic E-state index is 5.98. The van der Waals surface area contributed by atoms with Gasteiger partial charge in [0.1, 0.15) is 0 Å². The molecule has 66 valence electrons. The Morgan fingerprint density at radius 1 is 1.42 bits per heavy atom. The van der Waals surface area contributed by atoms with Gasteiger partial charge in [0.15, 0.2) is 0 Å². The van der Waals surface area contributed by atoms with E-state index in [2.05, 4.69) is 15.9 Å². The molecule has 0 aliphatic rings. The highest BCUT2D eigenvalue weighted by atomic mass is 79.9. The predicted molar refractivity (Wildman–Crippen MR) is 56.4 cm³/mol. The Morgan fingerprint density at radius 3 is 2.42 bits per heavy atom. The largest absolute Gasteiger partial charge is 0.322 e. The fraction of sp³-hybridized carbons (Fsp3) is 0.333. The van der Waals surface area contributed by atoms with Crippen molar-refractivity contribution >= 4 is 27.5 Å². The predicted octanol–water partition coefficient (Wildman–Crippen LogP) is 3.30. The summed E-state index contributed by atoms with van der Waals surface area (Å²) in [7, 11) is 0. The van der Waals surface area contributed by atoms with Gasteiger partial charge in [-0.15, -0.1) is 0 Å². The molecule has 3 heteroatoms. The van der Waals surface area contributed by atoms with Gasteiger partial charge in [-0.3, -0.25) is 0 Å². The lowest BCUT2D eigenvalue weighted by molar-refractivity contribution is 0.554. The molecule has 0 fully saturated rings. The summed E-state index contributed by atoms with van der Waals surface area (Å²) in [6, 6.07) is 5.69. The number of nitrogens with two attached hydrogens (primary N) is 1. The van der Waals surface area contributed by atoms with Crippen molar-refractivity contribution in [2.45, 2.75) is 19.4 Å². The SMILES string of the molecule is CC(C)(N)c1cc(Br)ccc1Cl. The van der Waals surface area contributed by atoms with Crippen LogP contribution in [0.25, 0.3) is 0 Å². The highest BCUT2D eigenvalue weighted by molar-refractivity contribution is 9.10. The van der Waals surface area contributed by atoms with Crippen LogP contribution >= 0.6 is 27.5 Å². The van der Waals surface area contributed by atoms with Crippen LogP contribution in [0.1, 0.15) is 19.4 Å². The fourth-order valence-electron chi connectivity index (χ4n) is 0.991. The Hall–Kier alpha value is -0.0500. The van der Waals surface area contributed by atoms with Crippen LogP contribution in [0.5, 0.6) is 0 Å². The lowest BCUT2D eigenvalue weighted by Crippen LogP contribution is -2.28. The van der Waals surface area contributed by atoms with Crippen LogP contribution in [0.15, 0.2) is 22.7 Å². The van der Waals surface area contributed by atoms with Crippen LogP contribution in [0.2, 0.25) is 5.02 Å². The van der Waals surface area contributed by atoms with Crippen molar-refractivity contribution < 1.29 is 0 Å². The highest BCUT2D eigenvalue weighted by Gasteiger charge is 2.17. The standard InChI is InChI=1S/C9H11BrClN/c1-9(2,12)7-5-6(10)3-4-8(7)11/h3-5H,12H2,1-2H3. The first-order valence-corrected chi connectivity index (χ1v) is 4.83. The smallest absolute Gasteiger partial charge is 0.0457 e. The minimum atomic E-state index is -0.388. The number of halogens is 2. The second kappa shape index (κ2) is 3.36. The molecule has 0 atom stereocenters. The Labute approximate surface area is 86.0 Å². The summed E-state index contributed by atoms with van der Waals surface area (Å²) < 4.78 is 1.00. The van der Waals surface area contributed by atoms with E-state index >= 15 is 0 Å². The van der Waals surface area contributed by atoms with Crippen LogP contribution < -0.4 is 5.73 Å². The van der Waals surface area contributed by atoms with Crippen molar-refractivity contribution in [3.63, 3.8) is 0 Å². The Morgan fingerprint density at radius 2 is 2.00 bits per heavy atom. The van der Waals surface area contributed by atoms with Crippen LogP contribution in [0, 0.1) is 0 Å². The third-order valence-corrected chi connectivity index (χ3v) is 2.45. The van der Waals surface area contributed by atoms with Crippen LogP contribution in [0.3, 0.4) is 0 Å². The zero-order valence-electron chi connectivity index (χ0n) is 7.07. The highest BCUT2D eigenvalue weighted by Crippen LogP contribution is 2.28. The van der Waals surface area contributed by atoms with Crippen molar-refractivity contribution in [3.8, 4) is 0 Å². The molecule has 0 saturated carbocycles. The molecule has 1 aromatic carbocycles. The summed E-state index contributed by atoms with van der Waals surface area (Å²) >= 11 is 9.35. The van der Waals surface area contributed by atoms with E-state index in [9.17, 15) is 0 Å². The molecule has 1 aromatic rings. The van der Waals surface area contributed by atoms with Crippen molar-refractivity contribution in [2.75, 3.05) is 0 Å². The zero-order valence-corrected chi connectivity index (χ0v) is 9.41. The van der Waals surface area contributed by atoms with E-state index in [1.54, 1.807) is 0 Å². The first kappa shape index (κ1) is 10.0. The minimum Gasteiger partial charge on any atom is -0.322 e. The molecular formula is C9H11BrClN. The molecule has 0 aliphatic heterocycles. The third kappa shape index (κ3) is 2.22. The second-order valence-electron chi connectivity index (χ2n) is 3.35. The van der Waals surface area contributed by atoms with Crippen molar-refractivity contribution in [2.24, 2.45) is 5.73 Å². The molecule has 0 aromatic heterocycles. The summed E-state index contributed by atoms with van der Waals surface area (Å²) in [5, 5.41) is 0.714. The molecule has 0 radical (unpaired) electrons. The summed E-state index contributed by atoms with van der Waals surface area (Å²) in [4.78, 5) is 0. The van der Waals surface area contributed by atoms with Crippen LogP contribution in [-0.2, 0) is 5.54 Å². The molecule has 0 heterocycles. The van der Waals surface area contributed by atoms with Crippen molar-refractivity contribution in [3.05, 3.63) is 33.3 Å². The van der Waals surface area contributed by atoms with E-state index in [0.717, 1.165) is 10.0 Å². The van der Waals surface area contributed by atoms with Gasteiger partial charge in [-0.2, -0.15) is 0 Å². The average Bonchev–Trinajstić information content (AvgIpc) is 1.92. The quantitative estimate of drug-likeness (QED) is 0.811. The number of hydrogen-bond acceptors (Lipinski definition) is 1.